The van der Waals surface area contributed by atoms with Crippen LogP contribution < -0.4 is 14.5 Å². The SMILES string of the molecule is CN(c1ccnc(N2CCOCC2)n1)C1CCCN(Cc2ccc3c(c2)CCO3)C1. The molecule has 2 fully saturated rings. The molecule has 7 heteroatoms. The van der Waals surface area contributed by atoms with E-state index in [0.29, 0.717) is 6.04 Å². The van der Waals surface area contributed by atoms with E-state index in [1.54, 1.807) is 0 Å². The quantitative estimate of drug-likeness (QED) is 0.751. The van der Waals surface area contributed by atoms with Crippen molar-refractivity contribution in [1.29, 1.82) is 0 Å². The van der Waals surface area contributed by atoms with Gasteiger partial charge in [0, 0.05) is 51.9 Å². The molecule has 160 valence electrons. The lowest BCUT2D eigenvalue weighted by Gasteiger charge is -2.38. The number of piperidine rings is 1. The number of likely N-dealkylation sites (N-methyl/N-ethyl adjacent to an activating group) is 1. The molecule has 0 bridgehead atoms. The molecule has 0 saturated carbocycles. The number of anilines is 2. The summed E-state index contributed by atoms with van der Waals surface area (Å²) in [5.41, 5.74) is 2.74. The van der Waals surface area contributed by atoms with Gasteiger partial charge in [-0.3, -0.25) is 4.90 Å². The Morgan fingerprint density at radius 1 is 1.13 bits per heavy atom. The summed E-state index contributed by atoms with van der Waals surface area (Å²) in [7, 11) is 2.17. The Kier molecular flexibility index (Phi) is 5.73. The Labute approximate surface area is 178 Å². The Hall–Kier alpha value is -2.38. The summed E-state index contributed by atoms with van der Waals surface area (Å²) >= 11 is 0. The van der Waals surface area contributed by atoms with Crippen molar-refractivity contribution in [1.82, 2.24) is 14.9 Å². The topological polar surface area (TPSA) is 54.0 Å². The van der Waals surface area contributed by atoms with Crippen molar-refractivity contribution in [2.24, 2.45) is 0 Å². The highest BCUT2D eigenvalue weighted by atomic mass is 16.5. The standard InChI is InChI=1S/C23H31N5O2/c1-26(22-6-8-24-23(25-22)28-10-13-29-14-11-28)20-3-2-9-27(17-20)16-18-4-5-21-19(15-18)7-12-30-21/h4-6,8,15,20H,2-3,7,9-14,16-17H2,1H3. The van der Waals surface area contributed by atoms with Crippen LogP contribution in [0.2, 0.25) is 0 Å². The fraction of sp³-hybridized carbons (Fsp3) is 0.565. The van der Waals surface area contributed by atoms with Crippen LogP contribution in [0.15, 0.2) is 30.5 Å². The summed E-state index contributed by atoms with van der Waals surface area (Å²) in [6.45, 7) is 7.24. The van der Waals surface area contributed by atoms with Gasteiger partial charge in [0.1, 0.15) is 11.6 Å². The van der Waals surface area contributed by atoms with Crippen LogP contribution in [0.1, 0.15) is 24.0 Å². The molecule has 2 saturated heterocycles. The number of hydrogen-bond donors (Lipinski definition) is 0. The second kappa shape index (κ2) is 8.78. The van der Waals surface area contributed by atoms with E-state index in [2.05, 4.69) is 44.9 Å². The van der Waals surface area contributed by atoms with Crippen molar-refractivity contribution in [3.63, 3.8) is 0 Å². The van der Waals surface area contributed by atoms with Crippen LogP contribution in [0, 0.1) is 0 Å². The van der Waals surface area contributed by atoms with Crippen molar-refractivity contribution >= 4 is 11.8 Å². The highest BCUT2D eigenvalue weighted by Crippen LogP contribution is 2.27. The van der Waals surface area contributed by atoms with Gasteiger partial charge in [0.15, 0.2) is 0 Å². The summed E-state index contributed by atoms with van der Waals surface area (Å²) in [6, 6.07) is 9.18. The number of hydrogen-bond acceptors (Lipinski definition) is 7. The molecule has 3 aliphatic rings. The van der Waals surface area contributed by atoms with Crippen LogP contribution in [0.25, 0.3) is 0 Å². The van der Waals surface area contributed by atoms with Gasteiger partial charge in [-0.25, -0.2) is 4.98 Å². The van der Waals surface area contributed by atoms with Gasteiger partial charge in [-0.05, 0) is 42.6 Å². The van der Waals surface area contributed by atoms with E-state index in [0.717, 1.165) is 76.5 Å². The normalized spacial score (nSPS) is 21.9. The van der Waals surface area contributed by atoms with Crippen LogP contribution in [0.4, 0.5) is 11.8 Å². The number of benzene rings is 1. The molecule has 1 unspecified atom stereocenters. The lowest BCUT2D eigenvalue weighted by Crippen LogP contribution is -2.46. The zero-order chi connectivity index (χ0) is 20.3. The van der Waals surface area contributed by atoms with Crippen LogP contribution in [0.3, 0.4) is 0 Å². The Balaban J connectivity index is 1.24. The smallest absolute Gasteiger partial charge is 0.227 e. The molecule has 0 radical (unpaired) electrons. The molecule has 7 nitrogen and oxygen atoms in total. The van der Waals surface area contributed by atoms with E-state index in [4.69, 9.17) is 14.5 Å². The molecule has 0 spiro atoms. The molecule has 1 aromatic heterocycles. The molecule has 3 aliphatic heterocycles. The third kappa shape index (κ3) is 4.23. The Morgan fingerprint density at radius 3 is 2.93 bits per heavy atom. The largest absolute Gasteiger partial charge is 0.493 e. The monoisotopic (exact) mass is 409 g/mol. The molecule has 0 amide bonds. The first-order chi connectivity index (χ1) is 14.8. The maximum Gasteiger partial charge on any atom is 0.227 e. The van der Waals surface area contributed by atoms with Gasteiger partial charge >= 0.3 is 0 Å². The first-order valence-electron chi connectivity index (χ1n) is 11.1. The van der Waals surface area contributed by atoms with Crippen molar-refractivity contribution < 1.29 is 9.47 Å². The zero-order valence-electron chi connectivity index (χ0n) is 17.8. The number of ether oxygens (including phenoxy) is 2. The molecular weight excluding hydrogens is 378 g/mol. The van der Waals surface area contributed by atoms with Crippen molar-refractivity contribution in [2.75, 3.05) is 62.8 Å². The van der Waals surface area contributed by atoms with E-state index >= 15 is 0 Å². The van der Waals surface area contributed by atoms with E-state index in [1.165, 1.54) is 24.0 Å². The second-order valence-electron chi connectivity index (χ2n) is 8.50. The van der Waals surface area contributed by atoms with Crippen molar-refractivity contribution in [3.8, 4) is 5.75 Å². The molecule has 1 atom stereocenters. The second-order valence-corrected chi connectivity index (χ2v) is 8.50. The van der Waals surface area contributed by atoms with Gasteiger partial charge < -0.3 is 19.3 Å². The third-order valence-corrected chi connectivity index (χ3v) is 6.47. The summed E-state index contributed by atoms with van der Waals surface area (Å²) in [6.07, 6.45) is 5.33. The molecule has 0 aliphatic carbocycles. The maximum absolute atomic E-state index is 5.65. The highest BCUT2D eigenvalue weighted by Gasteiger charge is 2.25. The van der Waals surface area contributed by atoms with Crippen LogP contribution >= 0.6 is 0 Å². The Morgan fingerprint density at radius 2 is 2.03 bits per heavy atom. The van der Waals surface area contributed by atoms with Gasteiger partial charge in [-0.15, -0.1) is 0 Å². The molecule has 1 aromatic carbocycles. The lowest BCUT2D eigenvalue weighted by molar-refractivity contribution is 0.122. The molecule has 0 N–H and O–H groups in total. The minimum Gasteiger partial charge on any atom is -0.493 e. The number of morpholine rings is 1. The number of nitrogens with zero attached hydrogens (tertiary/aromatic N) is 5. The average Bonchev–Trinajstić information content (AvgIpc) is 3.27. The van der Waals surface area contributed by atoms with Gasteiger partial charge in [0.25, 0.3) is 0 Å². The maximum atomic E-state index is 5.65. The van der Waals surface area contributed by atoms with E-state index in [9.17, 15) is 0 Å². The summed E-state index contributed by atoms with van der Waals surface area (Å²) < 4.78 is 11.1. The first-order valence-corrected chi connectivity index (χ1v) is 11.1. The Bertz CT molecular complexity index is 870. The predicted molar refractivity (Wildman–Crippen MR) is 117 cm³/mol. The van der Waals surface area contributed by atoms with Crippen LogP contribution in [0.5, 0.6) is 5.75 Å². The zero-order valence-corrected chi connectivity index (χ0v) is 17.8. The molecule has 5 rings (SSSR count). The number of likely N-dealkylation sites (tertiary alicyclic amines) is 1. The third-order valence-electron chi connectivity index (χ3n) is 6.47. The van der Waals surface area contributed by atoms with Gasteiger partial charge in [-0.2, -0.15) is 4.98 Å². The molecular formula is C23H31N5O2. The van der Waals surface area contributed by atoms with Crippen molar-refractivity contribution in [3.05, 3.63) is 41.6 Å². The van der Waals surface area contributed by atoms with Gasteiger partial charge in [-0.1, -0.05) is 12.1 Å². The molecule has 2 aromatic rings. The first kappa shape index (κ1) is 19.6. The fourth-order valence-electron chi connectivity index (χ4n) is 4.73. The summed E-state index contributed by atoms with van der Waals surface area (Å²) in [5, 5.41) is 0. The predicted octanol–water partition coefficient (Wildman–Crippen LogP) is 2.35. The molecule has 30 heavy (non-hydrogen) atoms. The molecule has 4 heterocycles. The highest BCUT2D eigenvalue weighted by molar-refractivity contribution is 5.44. The van der Waals surface area contributed by atoms with E-state index < -0.39 is 0 Å². The number of fused-ring (bicyclic) bond motifs is 1. The van der Waals surface area contributed by atoms with E-state index in [1.807, 2.05) is 12.3 Å². The van der Waals surface area contributed by atoms with E-state index in [-0.39, 0.29) is 0 Å². The fourth-order valence-corrected chi connectivity index (χ4v) is 4.73. The minimum absolute atomic E-state index is 0.462. The van der Waals surface area contributed by atoms with Gasteiger partial charge in [0.2, 0.25) is 5.95 Å². The number of aromatic nitrogens is 2. The lowest BCUT2D eigenvalue weighted by atomic mass is 10.0. The van der Waals surface area contributed by atoms with Crippen molar-refractivity contribution in [2.45, 2.75) is 31.8 Å². The summed E-state index contributed by atoms with van der Waals surface area (Å²) in [5.74, 6) is 2.89. The summed E-state index contributed by atoms with van der Waals surface area (Å²) in [4.78, 5) is 16.5. The minimum atomic E-state index is 0.462. The van der Waals surface area contributed by atoms with Crippen LogP contribution in [-0.2, 0) is 17.7 Å². The van der Waals surface area contributed by atoms with Gasteiger partial charge in [0.05, 0.1) is 19.8 Å². The average molecular weight is 410 g/mol. The van der Waals surface area contributed by atoms with Crippen LogP contribution in [-0.4, -0.2) is 74.0 Å². The number of rotatable bonds is 5.